The van der Waals surface area contributed by atoms with Crippen LogP contribution in [-0.2, 0) is 25.6 Å². The number of nitrogens with zero attached hydrogens (tertiary/aromatic N) is 3. The van der Waals surface area contributed by atoms with E-state index in [1.165, 1.54) is 0 Å². The maximum Gasteiger partial charge on any atom is 0.242 e. The lowest BCUT2D eigenvalue weighted by molar-refractivity contribution is -0.147. The van der Waals surface area contributed by atoms with Crippen molar-refractivity contribution in [3.8, 4) is 0 Å². The molecule has 1 aromatic carbocycles. The number of likely N-dealkylation sites (tertiary alicyclic amines) is 1. The lowest BCUT2D eigenvalue weighted by Crippen LogP contribution is -2.53. The highest BCUT2D eigenvalue weighted by Gasteiger charge is 2.32. The number of carbonyl (C=O) groups excluding carboxylic acids is 4. The van der Waals surface area contributed by atoms with Crippen molar-refractivity contribution in [1.29, 1.82) is 0 Å². The van der Waals surface area contributed by atoms with Crippen LogP contribution < -0.4 is 0 Å². The summed E-state index contributed by atoms with van der Waals surface area (Å²) >= 11 is 5.96. The molecule has 2 heterocycles. The Morgan fingerprint density at radius 1 is 0.926 bits per heavy atom. The van der Waals surface area contributed by atoms with Gasteiger partial charge in [-0.3, -0.25) is 24.1 Å². The topological polar surface area (TPSA) is 78.0 Å². The molecule has 0 spiro atoms. The maximum atomic E-state index is 12.4. The lowest BCUT2D eigenvalue weighted by Gasteiger charge is -2.35. The molecule has 1 aromatic rings. The first-order valence-corrected chi connectivity index (χ1v) is 9.45. The van der Waals surface area contributed by atoms with E-state index in [0.29, 0.717) is 44.0 Å². The first-order valence-electron chi connectivity index (χ1n) is 9.07. The second-order valence-corrected chi connectivity index (χ2v) is 7.20. The molecule has 0 N–H and O–H groups in total. The Balaban J connectivity index is 1.44. The van der Waals surface area contributed by atoms with Crippen molar-refractivity contribution in [3.05, 3.63) is 34.9 Å². The van der Waals surface area contributed by atoms with Gasteiger partial charge < -0.3 is 9.80 Å². The van der Waals surface area contributed by atoms with Gasteiger partial charge in [-0.05, 0) is 24.1 Å². The molecule has 0 atom stereocenters. The summed E-state index contributed by atoms with van der Waals surface area (Å²) in [5, 5.41) is 0.655. The van der Waals surface area contributed by atoms with Crippen LogP contribution in [-0.4, -0.2) is 71.1 Å². The van der Waals surface area contributed by atoms with Crippen molar-refractivity contribution in [2.45, 2.75) is 25.7 Å². The van der Waals surface area contributed by atoms with E-state index in [9.17, 15) is 19.2 Å². The van der Waals surface area contributed by atoms with Gasteiger partial charge in [-0.1, -0.05) is 23.7 Å². The molecule has 0 aromatic heterocycles. The first kappa shape index (κ1) is 19.4. The minimum absolute atomic E-state index is 0.0481. The molecular weight excluding hydrogens is 370 g/mol. The van der Waals surface area contributed by atoms with Crippen molar-refractivity contribution >= 4 is 35.2 Å². The molecule has 0 bridgehead atoms. The summed E-state index contributed by atoms with van der Waals surface area (Å²) in [5.74, 6) is -0.775. The molecule has 8 heteroatoms. The minimum atomic E-state index is -0.289. The maximum absolute atomic E-state index is 12.4. The van der Waals surface area contributed by atoms with Gasteiger partial charge in [0.25, 0.3) is 0 Å². The van der Waals surface area contributed by atoms with E-state index in [1.807, 2.05) is 18.2 Å². The molecule has 7 nitrogen and oxygen atoms in total. The van der Waals surface area contributed by atoms with Crippen LogP contribution in [0, 0.1) is 0 Å². The number of hydrogen-bond donors (Lipinski definition) is 0. The smallest absolute Gasteiger partial charge is 0.242 e. The van der Waals surface area contributed by atoms with E-state index in [2.05, 4.69) is 0 Å². The summed E-state index contributed by atoms with van der Waals surface area (Å²) in [7, 11) is 0. The van der Waals surface area contributed by atoms with Crippen LogP contribution in [0.15, 0.2) is 24.3 Å². The van der Waals surface area contributed by atoms with Crippen molar-refractivity contribution in [2.24, 2.45) is 0 Å². The zero-order valence-corrected chi connectivity index (χ0v) is 15.8. The molecule has 3 rings (SSSR count). The highest BCUT2D eigenvalue weighted by Crippen LogP contribution is 2.14. The first-order chi connectivity index (χ1) is 12.9. The lowest BCUT2D eigenvalue weighted by atomic mass is 10.1. The third-order valence-corrected chi connectivity index (χ3v) is 5.18. The summed E-state index contributed by atoms with van der Waals surface area (Å²) in [6, 6.07) is 7.46. The van der Waals surface area contributed by atoms with E-state index in [1.54, 1.807) is 15.9 Å². The zero-order chi connectivity index (χ0) is 19.4. The van der Waals surface area contributed by atoms with Crippen LogP contribution in [0.1, 0.15) is 24.8 Å². The average molecular weight is 392 g/mol. The van der Waals surface area contributed by atoms with Gasteiger partial charge in [0.05, 0.1) is 0 Å². The minimum Gasteiger partial charge on any atom is -0.339 e. The van der Waals surface area contributed by atoms with Gasteiger partial charge >= 0.3 is 0 Å². The molecule has 0 saturated carbocycles. The fourth-order valence-corrected chi connectivity index (χ4v) is 3.55. The summed E-state index contributed by atoms with van der Waals surface area (Å²) in [5.41, 5.74) is 1.02. The summed E-state index contributed by atoms with van der Waals surface area (Å²) in [6.07, 6.45) is 1.38. The van der Waals surface area contributed by atoms with Crippen LogP contribution in [0.3, 0.4) is 0 Å². The van der Waals surface area contributed by atoms with E-state index >= 15 is 0 Å². The van der Waals surface area contributed by atoms with Crippen molar-refractivity contribution in [2.75, 3.05) is 32.7 Å². The molecule has 144 valence electrons. The van der Waals surface area contributed by atoms with E-state index in [4.69, 9.17) is 11.6 Å². The summed E-state index contributed by atoms with van der Waals surface area (Å²) < 4.78 is 0. The zero-order valence-electron chi connectivity index (χ0n) is 15.0. The average Bonchev–Trinajstić information content (AvgIpc) is 2.98. The molecule has 27 heavy (non-hydrogen) atoms. The third kappa shape index (κ3) is 4.86. The van der Waals surface area contributed by atoms with Crippen LogP contribution >= 0.6 is 11.6 Å². The second-order valence-electron chi connectivity index (χ2n) is 6.77. The van der Waals surface area contributed by atoms with Gasteiger partial charge in [-0.25, -0.2) is 0 Å². The number of carbonyl (C=O) groups is 4. The van der Waals surface area contributed by atoms with Gasteiger partial charge in [-0.2, -0.15) is 0 Å². The van der Waals surface area contributed by atoms with Crippen LogP contribution in [0.25, 0.3) is 0 Å². The number of imide groups is 1. The van der Waals surface area contributed by atoms with Gasteiger partial charge in [-0.15, -0.1) is 0 Å². The molecule has 0 unspecified atom stereocenters. The Bertz CT molecular complexity index is 743. The molecule has 0 aliphatic carbocycles. The number of hydrogen-bond acceptors (Lipinski definition) is 4. The van der Waals surface area contributed by atoms with Gasteiger partial charge in [0.1, 0.15) is 6.54 Å². The van der Waals surface area contributed by atoms with Crippen molar-refractivity contribution < 1.29 is 19.2 Å². The quantitative estimate of drug-likeness (QED) is 0.704. The summed E-state index contributed by atoms with van der Waals surface area (Å²) in [6.45, 7) is 1.56. The highest BCUT2D eigenvalue weighted by atomic mass is 35.5. The number of halogens is 1. The third-order valence-electron chi connectivity index (χ3n) is 4.95. The molecule has 2 aliphatic rings. The molecule has 0 radical (unpaired) electrons. The number of aryl methyl sites for hydroxylation is 1. The Labute approximate surface area is 162 Å². The molecule has 2 aliphatic heterocycles. The molecular formula is C19H22ClN3O4. The normalized spacial score (nSPS) is 17.6. The Morgan fingerprint density at radius 3 is 2.11 bits per heavy atom. The van der Waals surface area contributed by atoms with Crippen molar-refractivity contribution in [3.63, 3.8) is 0 Å². The van der Waals surface area contributed by atoms with E-state index in [-0.39, 0.29) is 43.0 Å². The van der Waals surface area contributed by atoms with Gasteiger partial charge in [0.2, 0.25) is 23.6 Å². The number of benzene rings is 1. The van der Waals surface area contributed by atoms with Gasteiger partial charge in [0.15, 0.2) is 0 Å². The highest BCUT2D eigenvalue weighted by molar-refractivity contribution is 6.30. The number of amides is 4. The molecule has 4 amide bonds. The SMILES string of the molecule is O=C(CCc1cccc(Cl)c1)N1CCN(C(=O)CN2C(=O)CCC2=O)CC1. The van der Waals surface area contributed by atoms with Gasteiger partial charge in [0, 0.05) is 50.5 Å². The van der Waals surface area contributed by atoms with E-state index in [0.717, 1.165) is 10.5 Å². The monoisotopic (exact) mass is 391 g/mol. The van der Waals surface area contributed by atoms with Crippen molar-refractivity contribution in [1.82, 2.24) is 14.7 Å². The fraction of sp³-hybridized carbons (Fsp3) is 0.474. The van der Waals surface area contributed by atoms with Crippen LogP contribution in [0.4, 0.5) is 0 Å². The fourth-order valence-electron chi connectivity index (χ4n) is 3.34. The standard InChI is InChI=1S/C19H22ClN3O4/c20-15-3-1-2-14(12-15)4-5-16(24)21-8-10-22(11-9-21)19(27)13-23-17(25)6-7-18(23)26/h1-3,12H,4-11,13H2. The second kappa shape index (κ2) is 8.52. The Kier molecular flexibility index (Phi) is 6.11. The predicted octanol–water partition coefficient (Wildman–Crippen LogP) is 1.09. The predicted molar refractivity (Wildman–Crippen MR) is 98.9 cm³/mol. The van der Waals surface area contributed by atoms with Crippen LogP contribution in [0.5, 0.6) is 0 Å². The Hall–Kier alpha value is -2.41. The van der Waals surface area contributed by atoms with E-state index < -0.39 is 0 Å². The largest absolute Gasteiger partial charge is 0.339 e. The molecule has 2 saturated heterocycles. The summed E-state index contributed by atoms with van der Waals surface area (Å²) in [4.78, 5) is 52.4. The Morgan fingerprint density at radius 2 is 1.52 bits per heavy atom. The number of rotatable bonds is 5. The molecule has 2 fully saturated rings. The van der Waals surface area contributed by atoms with Crippen LogP contribution in [0.2, 0.25) is 5.02 Å². The number of piperazine rings is 1.